The average molecular weight is 431 g/mol. The van der Waals surface area contributed by atoms with Gasteiger partial charge in [0, 0.05) is 30.9 Å². The zero-order valence-electron chi connectivity index (χ0n) is 18.3. The maximum Gasteiger partial charge on any atom is 0.325 e. The third-order valence-electron chi connectivity index (χ3n) is 5.65. The molecule has 2 heterocycles. The van der Waals surface area contributed by atoms with Crippen LogP contribution in [0, 0.1) is 13.8 Å². The molecule has 2 aromatic carbocycles. The van der Waals surface area contributed by atoms with E-state index in [4.69, 9.17) is 5.10 Å². The molecule has 8 nitrogen and oxygen atoms in total. The first-order valence-corrected chi connectivity index (χ1v) is 10.4. The normalized spacial score (nSPS) is 13.4. The van der Waals surface area contributed by atoms with Crippen LogP contribution in [0.15, 0.2) is 54.7 Å². The first-order valence-electron chi connectivity index (χ1n) is 10.4. The molecule has 0 saturated carbocycles. The molecule has 8 heteroatoms. The molecule has 1 aliphatic heterocycles. The minimum atomic E-state index is -0.538. The van der Waals surface area contributed by atoms with Crippen LogP contribution < -0.4 is 5.32 Å². The fourth-order valence-electron chi connectivity index (χ4n) is 3.59. The van der Waals surface area contributed by atoms with Gasteiger partial charge in [0.25, 0.3) is 5.91 Å². The molecule has 0 aliphatic carbocycles. The van der Waals surface area contributed by atoms with Gasteiger partial charge in [0.2, 0.25) is 5.91 Å². The summed E-state index contributed by atoms with van der Waals surface area (Å²) >= 11 is 0. The summed E-state index contributed by atoms with van der Waals surface area (Å²) in [6.45, 7) is 4.05. The number of hydrogen-bond donors (Lipinski definition) is 1. The molecule has 0 unspecified atom stereocenters. The quantitative estimate of drug-likeness (QED) is 0.608. The predicted molar refractivity (Wildman–Crippen MR) is 120 cm³/mol. The van der Waals surface area contributed by atoms with Gasteiger partial charge in [0.15, 0.2) is 0 Å². The van der Waals surface area contributed by atoms with Gasteiger partial charge in [0.1, 0.15) is 6.54 Å². The number of amides is 4. The summed E-state index contributed by atoms with van der Waals surface area (Å²) in [6.07, 6.45) is 1.91. The van der Waals surface area contributed by atoms with E-state index in [1.807, 2.05) is 42.6 Å². The standard InChI is InChI=1S/C24H25N5O3/c1-16-9-10-18(11-17(16)2)23-19(14-29(26-23)20-7-5-4-6-8-20)13-27(3)22(31)15-28-21(30)12-25-24(28)32/h4-11,14H,12-13,15H2,1-3H3,(H,25,32). The summed E-state index contributed by atoms with van der Waals surface area (Å²) in [6, 6.07) is 15.4. The van der Waals surface area contributed by atoms with Crippen molar-refractivity contribution in [3.8, 4) is 16.9 Å². The summed E-state index contributed by atoms with van der Waals surface area (Å²) in [7, 11) is 1.66. The minimum absolute atomic E-state index is 0.0728. The Morgan fingerprint density at radius 3 is 2.50 bits per heavy atom. The highest BCUT2D eigenvalue weighted by Gasteiger charge is 2.31. The Morgan fingerprint density at radius 2 is 1.84 bits per heavy atom. The van der Waals surface area contributed by atoms with Crippen molar-refractivity contribution in [2.45, 2.75) is 20.4 Å². The number of nitrogens with zero attached hydrogens (tertiary/aromatic N) is 4. The Hall–Kier alpha value is -3.94. The zero-order chi connectivity index (χ0) is 22.8. The fourth-order valence-corrected chi connectivity index (χ4v) is 3.59. The van der Waals surface area contributed by atoms with Gasteiger partial charge in [0.05, 0.1) is 17.9 Å². The van der Waals surface area contributed by atoms with E-state index in [1.165, 1.54) is 10.5 Å². The molecular weight excluding hydrogens is 406 g/mol. The number of benzene rings is 2. The van der Waals surface area contributed by atoms with E-state index in [9.17, 15) is 14.4 Å². The molecule has 0 atom stereocenters. The molecule has 4 amide bonds. The molecule has 164 valence electrons. The molecule has 0 spiro atoms. The second-order valence-corrected chi connectivity index (χ2v) is 7.97. The number of carbonyl (C=O) groups excluding carboxylic acids is 3. The lowest BCUT2D eigenvalue weighted by Gasteiger charge is -2.20. The predicted octanol–water partition coefficient (Wildman–Crippen LogP) is 2.67. The Balaban J connectivity index is 1.63. The van der Waals surface area contributed by atoms with Crippen LogP contribution in [0.4, 0.5) is 4.79 Å². The van der Waals surface area contributed by atoms with Crippen LogP contribution in [0.1, 0.15) is 16.7 Å². The van der Waals surface area contributed by atoms with Gasteiger partial charge < -0.3 is 10.2 Å². The first kappa shape index (κ1) is 21.3. The highest BCUT2D eigenvalue weighted by molar-refractivity contribution is 6.04. The third kappa shape index (κ3) is 4.25. The van der Waals surface area contributed by atoms with Gasteiger partial charge in [-0.15, -0.1) is 0 Å². The number of imide groups is 1. The molecule has 1 fully saturated rings. The molecule has 3 aromatic rings. The van der Waals surface area contributed by atoms with Crippen molar-refractivity contribution >= 4 is 17.8 Å². The zero-order valence-corrected chi connectivity index (χ0v) is 18.3. The van der Waals surface area contributed by atoms with E-state index in [0.717, 1.165) is 33.0 Å². The van der Waals surface area contributed by atoms with Gasteiger partial charge >= 0.3 is 6.03 Å². The molecule has 1 aliphatic rings. The number of aryl methyl sites for hydroxylation is 2. The highest BCUT2D eigenvalue weighted by atomic mass is 16.2. The summed E-state index contributed by atoms with van der Waals surface area (Å²) in [5.41, 5.74) is 5.88. The van der Waals surface area contributed by atoms with E-state index in [2.05, 4.69) is 31.3 Å². The van der Waals surface area contributed by atoms with Crippen molar-refractivity contribution in [1.82, 2.24) is 24.9 Å². The Bertz CT molecular complexity index is 1170. The summed E-state index contributed by atoms with van der Waals surface area (Å²) < 4.78 is 1.80. The van der Waals surface area contributed by atoms with Crippen molar-refractivity contribution in [2.24, 2.45) is 0 Å². The van der Waals surface area contributed by atoms with Crippen molar-refractivity contribution in [1.29, 1.82) is 0 Å². The minimum Gasteiger partial charge on any atom is -0.340 e. The van der Waals surface area contributed by atoms with Gasteiger partial charge in [-0.2, -0.15) is 5.10 Å². The van der Waals surface area contributed by atoms with Gasteiger partial charge in [-0.25, -0.2) is 9.48 Å². The van der Waals surface area contributed by atoms with E-state index in [1.54, 1.807) is 11.7 Å². The van der Waals surface area contributed by atoms with E-state index < -0.39 is 11.9 Å². The van der Waals surface area contributed by atoms with Gasteiger partial charge in [-0.3, -0.25) is 14.5 Å². The Labute approximate surface area is 186 Å². The lowest BCUT2D eigenvalue weighted by molar-refractivity contribution is -0.135. The number of hydrogen-bond acceptors (Lipinski definition) is 4. The molecule has 1 saturated heterocycles. The topological polar surface area (TPSA) is 87.5 Å². The van der Waals surface area contributed by atoms with Crippen LogP contribution in [0.3, 0.4) is 0 Å². The molecule has 4 rings (SSSR count). The number of urea groups is 1. The number of carbonyl (C=O) groups is 3. The van der Waals surface area contributed by atoms with Crippen molar-refractivity contribution < 1.29 is 14.4 Å². The molecule has 32 heavy (non-hydrogen) atoms. The van der Waals surface area contributed by atoms with Crippen LogP contribution in [-0.4, -0.2) is 57.6 Å². The summed E-state index contributed by atoms with van der Waals surface area (Å²) in [5, 5.41) is 7.24. The second kappa shape index (κ2) is 8.66. The highest BCUT2D eigenvalue weighted by Crippen LogP contribution is 2.26. The SMILES string of the molecule is Cc1ccc(-c2nn(-c3ccccc3)cc2CN(C)C(=O)CN2C(=O)CNC2=O)cc1C. The maximum absolute atomic E-state index is 12.7. The average Bonchev–Trinajstić information content (AvgIpc) is 3.34. The van der Waals surface area contributed by atoms with Gasteiger partial charge in [-0.1, -0.05) is 30.3 Å². The third-order valence-corrected chi connectivity index (χ3v) is 5.65. The van der Waals surface area contributed by atoms with Crippen LogP contribution >= 0.6 is 0 Å². The van der Waals surface area contributed by atoms with Crippen LogP contribution in [0.5, 0.6) is 0 Å². The molecule has 0 radical (unpaired) electrons. The number of para-hydroxylation sites is 1. The number of aromatic nitrogens is 2. The number of nitrogens with one attached hydrogen (secondary N) is 1. The van der Waals surface area contributed by atoms with Crippen molar-refractivity contribution in [2.75, 3.05) is 20.1 Å². The fraction of sp³-hybridized carbons (Fsp3) is 0.250. The van der Waals surface area contributed by atoms with E-state index >= 15 is 0 Å². The van der Waals surface area contributed by atoms with Crippen molar-refractivity contribution in [3.63, 3.8) is 0 Å². The first-order chi connectivity index (χ1) is 15.3. The largest absolute Gasteiger partial charge is 0.340 e. The van der Waals surface area contributed by atoms with Crippen LogP contribution in [-0.2, 0) is 16.1 Å². The number of likely N-dealkylation sites (N-methyl/N-ethyl adjacent to an activating group) is 1. The molecule has 1 N–H and O–H groups in total. The molecular formula is C24H25N5O3. The Kier molecular flexibility index (Phi) is 5.77. The van der Waals surface area contributed by atoms with E-state index in [0.29, 0.717) is 0 Å². The second-order valence-electron chi connectivity index (χ2n) is 7.97. The summed E-state index contributed by atoms with van der Waals surface area (Å²) in [4.78, 5) is 38.8. The molecule has 1 aromatic heterocycles. The van der Waals surface area contributed by atoms with Crippen molar-refractivity contribution in [3.05, 3.63) is 71.4 Å². The van der Waals surface area contributed by atoms with Gasteiger partial charge in [-0.05, 0) is 43.2 Å². The lowest BCUT2D eigenvalue weighted by Crippen LogP contribution is -2.41. The number of rotatable bonds is 6. The van der Waals surface area contributed by atoms with E-state index in [-0.39, 0.29) is 25.5 Å². The smallest absolute Gasteiger partial charge is 0.325 e. The summed E-state index contributed by atoms with van der Waals surface area (Å²) in [5.74, 6) is -0.724. The van der Waals surface area contributed by atoms with Crippen LogP contribution in [0.2, 0.25) is 0 Å². The van der Waals surface area contributed by atoms with Crippen LogP contribution in [0.25, 0.3) is 16.9 Å². The monoisotopic (exact) mass is 431 g/mol. The molecule has 0 bridgehead atoms. The Morgan fingerprint density at radius 1 is 1.09 bits per heavy atom. The lowest BCUT2D eigenvalue weighted by atomic mass is 10.0. The maximum atomic E-state index is 12.7.